The van der Waals surface area contributed by atoms with E-state index in [1.165, 1.54) is 0 Å². The van der Waals surface area contributed by atoms with Gasteiger partial charge in [0.05, 0.1) is 13.2 Å². The summed E-state index contributed by atoms with van der Waals surface area (Å²) in [6.07, 6.45) is 1.31. The van der Waals surface area contributed by atoms with E-state index < -0.39 is 11.8 Å². The summed E-state index contributed by atoms with van der Waals surface area (Å²) in [5.74, 6) is -2.72. The minimum atomic E-state index is -2.63. The van der Waals surface area contributed by atoms with Gasteiger partial charge in [-0.25, -0.2) is 8.78 Å². The molecule has 1 unspecified atom stereocenters. The first-order valence-electron chi connectivity index (χ1n) is 9.26. The highest BCUT2D eigenvalue weighted by Crippen LogP contribution is 2.47. The number of carbonyl (C=O) groups excluding carboxylic acids is 1. The Labute approximate surface area is 148 Å². The van der Waals surface area contributed by atoms with E-state index >= 15 is 0 Å². The quantitative estimate of drug-likeness (QED) is 0.725. The van der Waals surface area contributed by atoms with Gasteiger partial charge in [0.25, 0.3) is 0 Å². The lowest BCUT2D eigenvalue weighted by molar-refractivity contribution is -0.162. The van der Waals surface area contributed by atoms with Gasteiger partial charge in [-0.15, -0.1) is 0 Å². The Morgan fingerprint density at radius 1 is 1.16 bits per heavy atom. The zero-order valence-electron chi connectivity index (χ0n) is 15.3. The highest BCUT2D eigenvalue weighted by molar-refractivity contribution is 5.80. The molecule has 2 aliphatic heterocycles. The molecule has 0 N–H and O–H groups in total. The van der Waals surface area contributed by atoms with Crippen LogP contribution in [0.5, 0.6) is 0 Å². The Morgan fingerprint density at radius 2 is 1.84 bits per heavy atom. The molecule has 2 heterocycles. The van der Waals surface area contributed by atoms with E-state index in [-0.39, 0.29) is 24.2 Å². The molecule has 3 aliphatic rings. The molecule has 0 bridgehead atoms. The number of methoxy groups -OCH3 is 2. The van der Waals surface area contributed by atoms with Gasteiger partial charge in [0, 0.05) is 71.6 Å². The van der Waals surface area contributed by atoms with Crippen LogP contribution in [0.3, 0.4) is 0 Å². The zero-order valence-corrected chi connectivity index (χ0v) is 15.3. The normalized spacial score (nSPS) is 29.1. The van der Waals surface area contributed by atoms with Crippen LogP contribution < -0.4 is 0 Å². The predicted octanol–water partition coefficient (Wildman–Crippen LogP) is 1.87. The Balaban J connectivity index is 1.56. The molecule has 2 saturated heterocycles. The van der Waals surface area contributed by atoms with Gasteiger partial charge in [-0.05, 0) is 18.3 Å². The van der Waals surface area contributed by atoms with Crippen LogP contribution >= 0.6 is 0 Å². The van der Waals surface area contributed by atoms with Gasteiger partial charge >= 0.3 is 0 Å². The molecule has 0 aromatic heterocycles. The molecule has 1 atom stereocenters. The third-order valence-corrected chi connectivity index (χ3v) is 6.37. The lowest BCUT2D eigenvalue weighted by Gasteiger charge is -2.45. The van der Waals surface area contributed by atoms with Crippen LogP contribution in [0.2, 0.25) is 0 Å². The second-order valence-corrected chi connectivity index (χ2v) is 8.03. The lowest BCUT2D eigenvalue weighted by atomic mass is 9.70. The van der Waals surface area contributed by atoms with Crippen LogP contribution in [0.1, 0.15) is 25.7 Å². The van der Waals surface area contributed by atoms with Gasteiger partial charge in [-0.3, -0.25) is 4.79 Å². The summed E-state index contributed by atoms with van der Waals surface area (Å²) in [6.45, 7) is 5.73. The topological polar surface area (TPSA) is 42.0 Å². The fourth-order valence-electron chi connectivity index (χ4n) is 4.80. The maximum absolute atomic E-state index is 13.0. The number of halogens is 2. The number of piperidine rings is 1. The summed E-state index contributed by atoms with van der Waals surface area (Å²) in [5.41, 5.74) is 0.171. The highest BCUT2D eigenvalue weighted by atomic mass is 19.3. The van der Waals surface area contributed by atoms with Gasteiger partial charge in [-0.1, -0.05) is 0 Å². The number of ether oxygens (including phenoxy) is 2. The first-order valence-corrected chi connectivity index (χ1v) is 9.26. The molecule has 25 heavy (non-hydrogen) atoms. The molecular formula is C18H30F2N2O3. The van der Waals surface area contributed by atoms with E-state index in [1.807, 2.05) is 4.90 Å². The van der Waals surface area contributed by atoms with Crippen molar-refractivity contribution in [1.29, 1.82) is 0 Å². The molecule has 1 saturated carbocycles. The Bertz CT molecular complexity index is 473. The summed E-state index contributed by atoms with van der Waals surface area (Å²) < 4.78 is 36.7. The highest BCUT2D eigenvalue weighted by Gasteiger charge is 2.52. The molecule has 144 valence electrons. The van der Waals surface area contributed by atoms with Crippen molar-refractivity contribution >= 4 is 5.91 Å². The average Bonchev–Trinajstić information content (AvgIpc) is 2.88. The second kappa shape index (κ2) is 7.45. The Morgan fingerprint density at radius 3 is 2.40 bits per heavy atom. The largest absolute Gasteiger partial charge is 0.384 e. The van der Waals surface area contributed by atoms with Crippen molar-refractivity contribution in [2.24, 2.45) is 17.3 Å². The molecule has 1 aliphatic carbocycles. The monoisotopic (exact) mass is 360 g/mol. The smallest absolute Gasteiger partial charge is 0.249 e. The van der Waals surface area contributed by atoms with Crippen LogP contribution in [0.4, 0.5) is 8.78 Å². The van der Waals surface area contributed by atoms with Crippen molar-refractivity contribution in [3.8, 4) is 0 Å². The number of amides is 1. The first kappa shape index (κ1) is 19.0. The van der Waals surface area contributed by atoms with E-state index in [0.29, 0.717) is 19.0 Å². The molecule has 0 radical (unpaired) electrons. The van der Waals surface area contributed by atoms with Crippen LogP contribution in [-0.2, 0) is 14.3 Å². The van der Waals surface area contributed by atoms with Crippen molar-refractivity contribution in [2.75, 3.05) is 60.2 Å². The van der Waals surface area contributed by atoms with Crippen molar-refractivity contribution in [3.63, 3.8) is 0 Å². The number of carbonyl (C=O) groups is 1. The molecule has 0 aromatic rings. The minimum absolute atomic E-state index is 0.0710. The van der Waals surface area contributed by atoms with E-state index in [9.17, 15) is 13.6 Å². The number of hydrogen-bond donors (Lipinski definition) is 0. The number of alkyl halides is 2. The van der Waals surface area contributed by atoms with Crippen molar-refractivity contribution in [1.82, 2.24) is 9.80 Å². The summed E-state index contributed by atoms with van der Waals surface area (Å²) in [6, 6.07) is 0. The third-order valence-electron chi connectivity index (χ3n) is 6.37. The van der Waals surface area contributed by atoms with Gasteiger partial charge in [0.15, 0.2) is 0 Å². The first-order chi connectivity index (χ1) is 11.9. The van der Waals surface area contributed by atoms with Crippen molar-refractivity contribution in [2.45, 2.75) is 31.6 Å². The average molecular weight is 360 g/mol. The van der Waals surface area contributed by atoms with E-state index in [1.54, 1.807) is 14.2 Å². The number of rotatable bonds is 6. The number of nitrogens with zero attached hydrogens (tertiary/aromatic N) is 2. The van der Waals surface area contributed by atoms with Gasteiger partial charge in [-0.2, -0.15) is 0 Å². The van der Waals surface area contributed by atoms with E-state index in [0.717, 1.165) is 45.7 Å². The fraction of sp³-hybridized carbons (Fsp3) is 0.944. The molecule has 5 nitrogen and oxygen atoms in total. The number of hydrogen-bond acceptors (Lipinski definition) is 4. The SMILES string of the molecule is COCCN1CC(COC)C2(CCN(C(=O)C3CC(F)(F)C3)CC2)C1. The maximum Gasteiger partial charge on any atom is 0.249 e. The summed E-state index contributed by atoms with van der Waals surface area (Å²) in [5, 5.41) is 0. The van der Waals surface area contributed by atoms with Gasteiger partial charge in [0.2, 0.25) is 11.8 Å². The van der Waals surface area contributed by atoms with Crippen LogP contribution in [-0.4, -0.2) is 81.8 Å². The lowest BCUT2D eigenvalue weighted by Crippen LogP contribution is -2.52. The van der Waals surface area contributed by atoms with Gasteiger partial charge in [0.1, 0.15) is 0 Å². The third kappa shape index (κ3) is 3.98. The maximum atomic E-state index is 13.0. The minimum Gasteiger partial charge on any atom is -0.384 e. The van der Waals surface area contributed by atoms with Crippen LogP contribution in [0.25, 0.3) is 0 Å². The van der Waals surface area contributed by atoms with Crippen molar-refractivity contribution in [3.05, 3.63) is 0 Å². The van der Waals surface area contributed by atoms with Gasteiger partial charge < -0.3 is 19.3 Å². The number of likely N-dealkylation sites (tertiary alicyclic amines) is 2. The van der Waals surface area contributed by atoms with Crippen LogP contribution in [0.15, 0.2) is 0 Å². The Kier molecular flexibility index (Phi) is 5.66. The summed E-state index contributed by atoms with van der Waals surface area (Å²) in [7, 11) is 3.45. The summed E-state index contributed by atoms with van der Waals surface area (Å²) >= 11 is 0. The molecule has 3 rings (SSSR count). The predicted molar refractivity (Wildman–Crippen MR) is 89.6 cm³/mol. The molecule has 3 fully saturated rings. The van der Waals surface area contributed by atoms with E-state index in [2.05, 4.69) is 4.90 Å². The second-order valence-electron chi connectivity index (χ2n) is 8.03. The van der Waals surface area contributed by atoms with Crippen molar-refractivity contribution < 1.29 is 23.0 Å². The molecular weight excluding hydrogens is 330 g/mol. The fourth-order valence-corrected chi connectivity index (χ4v) is 4.80. The molecule has 0 aromatic carbocycles. The zero-order chi connectivity index (χ0) is 18.1. The van der Waals surface area contributed by atoms with E-state index in [4.69, 9.17) is 9.47 Å². The summed E-state index contributed by atoms with van der Waals surface area (Å²) in [4.78, 5) is 16.7. The standard InChI is InChI=1S/C18H30F2N2O3/c1-24-8-7-21-11-15(12-25-2)17(13-21)3-5-22(6-4-17)16(23)14-9-18(19,20)10-14/h14-15H,3-13H2,1-2H3. The molecule has 1 amide bonds. The Hall–Kier alpha value is -0.790. The molecule has 1 spiro atoms. The van der Waals surface area contributed by atoms with Crippen LogP contribution in [0, 0.1) is 17.3 Å². The molecule has 7 heteroatoms.